The largest absolute Gasteiger partial charge is 0.352 e. The zero-order valence-electron chi connectivity index (χ0n) is 17.0. The van der Waals surface area contributed by atoms with E-state index in [-0.39, 0.29) is 30.3 Å². The van der Waals surface area contributed by atoms with Crippen LogP contribution in [0.4, 0.5) is 0 Å². The average molecular weight is 393 g/mol. The van der Waals surface area contributed by atoms with Gasteiger partial charge >= 0.3 is 0 Å². The smallest absolute Gasteiger partial charge is 0.261 e. The summed E-state index contributed by atoms with van der Waals surface area (Å²) >= 11 is 0. The first-order chi connectivity index (χ1) is 14.0. The van der Waals surface area contributed by atoms with E-state index in [1.165, 1.54) is 4.90 Å². The maximum Gasteiger partial charge on any atom is 0.261 e. The first kappa shape index (κ1) is 19.6. The Bertz CT molecular complexity index is 918. The summed E-state index contributed by atoms with van der Waals surface area (Å²) in [5, 5.41) is 4.71. The quantitative estimate of drug-likeness (QED) is 0.767. The molecule has 1 saturated heterocycles. The molecule has 6 heteroatoms. The van der Waals surface area contributed by atoms with Gasteiger partial charge in [0.25, 0.3) is 11.8 Å². The summed E-state index contributed by atoms with van der Waals surface area (Å²) in [5.74, 6) is -0.564. The molecule has 0 spiro atoms. The summed E-state index contributed by atoms with van der Waals surface area (Å²) in [7, 11) is 0. The predicted octanol–water partition coefficient (Wildman–Crippen LogP) is 2.81. The van der Waals surface area contributed by atoms with Gasteiger partial charge in [-0.1, -0.05) is 24.3 Å². The lowest BCUT2D eigenvalue weighted by molar-refractivity contribution is -0.121. The zero-order valence-corrected chi connectivity index (χ0v) is 17.0. The molecule has 6 nitrogen and oxygen atoms in total. The Labute approximate surface area is 170 Å². The number of nitrogens with zero attached hydrogens (tertiary/aromatic N) is 2. The van der Waals surface area contributed by atoms with Crippen molar-refractivity contribution in [2.24, 2.45) is 0 Å². The molecular weight excluding hydrogens is 366 g/mol. The van der Waals surface area contributed by atoms with Crippen LogP contribution < -0.4 is 5.32 Å². The second-order valence-corrected chi connectivity index (χ2v) is 8.22. The van der Waals surface area contributed by atoms with Crippen molar-refractivity contribution in [3.63, 3.8) is 0 Å². The van der Waals surface area contributed by atoms with Crippen LogP contribution in [0, 0.1) is 0 Å². The van der Waals surface area contributed by atoms with Gasteiger partial charge in [0.05, 0.1) is 0 Å². The van der Waals surface area contributed by atoms with Crippen molar-refractivity contribution in [1.29, 1.82) is 0 Å². The molecule has 2 aromatic carbocycles. The molecule has 2 aliphatic heterocycles. The van der Waals surface area contributed by atoms with E-state index in [0.717, 1.165) is 30.3 Å². The molecule has 4 rings (SSSR count). The number of nitrogens with one attached hydrogen (secondary N) is 1. The van der Waals surface area contributed by atoms with E-state index < -0.39 is 0 Å². The third-order valence-electron chi connectivity index (χ3n) is 5.96. The molecule has 0 radical (unpaired) electrons. The molecule has 3 amide bonds. The van der Waals surface area contributed by atoms with Gasteiger partial charge in [0, 0.05) is 54.7 Å². The summed E-state index contributed by atoms with van der Waals surface area (Å²) in [6, 6.07) is 11.7. The topological polar surface area (TPSA) is 69.7 Å². The number of benzene rings is 2. The fourth-order valence-electron chi connectivity index (χ4n) is 4.36. The van der Waals surface area contributed by atoms with Gasteiger partial charge in [0.15, 0.2) is 0 Å². The van der Waals surface area contributed by atoms with Gasteiger partial charge in [-0.2, -0.15) is 0 Å². The van der Waals surface area contributed by atoms with E-state index in [2.05, 4.69) is 24.1 Å². The van der Waals surface area contributed by atoms with Crippen LogP contribution in [0.2, 0.25) is 0 Å². The van der Waals surface area contributed by atoms with Gasteiger partial charge < -0.3 is 5.32 Å². The number of likely N-dealkylation sites (tertiary alicyclic amines) is 1. The molecule has 152 valence electrons. The van der Waals surface area contributed by atoms with Crippen LogP contribution in [0.25, 0.3) is 10.8 Å². The highest BCUT2D eigenvalue weighted by Gasteiger charge is 2.32. The van der Waals surface area contributed by atoms with Gasteiger partial charge in [0.1, 0.15) is 0 Å². The number of hydrogen-bond donors (Lipinski definition) is 1. The highest BCUT2D eigenvalue weighted by Crippen LogP contribution is 2.30. The van der Waals surface area contributed by atoms with Crippen LogP contribution >= 0.6 is 0 Å². The Morgan fingerprint density at radius 3 is 2.34 bits per heavy atom. The minimum absolute atomic E-state index is 0.0139. The Morgan fingerprint density at radius 1 is 1.10 bits per heavy atom. The molecule has 1 fully saturated rings. The number of carbonyl (C=O) groups excluding carboxylic acids is 3. The third-order valence-corrected chi connectivity index (χ3v) is 5.96. The number of carbonyl (C=O) groups is 3. The van der Waals surface area contributed by atoms with E-state index in [1.54, 1.807) is 12.1 Å². The number of amides is 3. The SMILES string of the molecule is CC(C)N1CCC(NC(=O)CCCN2C(=O)c3cccc4cccc(c34)C2=O)C1. The summed E-state index contributed by atoms with van der Waals surface area (Å²) in [5.41, 5.74) is 1.11. The van der Waals surface area contributed by atoms with Gasteiger partial charge in [-0.3, -0.25) is 24.2 Å². The van der Waals surface area contributed by atoms with E-state index in [0.29, 0.717) is 30.0 Å². The van der Waals surface area contributed by atoms with Crippen LogP contribution in [0.1, 0.15) is 53.8 Å². The van der Waals surface area contributed by atoms with Gasteiger partial charge in [0.2, 0.25) is 5.91 Å². The second-order valence-electron chi connectivity index (χ2n) is 8.22. The van der Waals surface area contributed by atoms with Gasteiger partial charge in [-0.05, 0) is 44.2 Å². The molecule has 2 aromatic rings. The van der Waals surface area contributed by atoms with Crippen molar-refractivity contribution in [2.45, 2.75) is 45.2 Å². The second kappa shape index (κ2) is 7.95. The lowest BCUT2D eigenvalue weighted by atomic mass is 9.94. The maximum absolute atomic E-state index is 12.9. The Morgan fingerprint density at radius 2 is 1.76 bits per heavy atom. The first-order valence-corrected chi connectivity index (χ1v) is 10.4. The maximum atomic E-state index is 12.9. The van der Waals surface area contributed by atoms with Crippen molar-refractivity contribution in [1.82, 2.24) is 15.1 Å². The van der Waals surface area contributed by atoms with Crippen LogP contribution in [-0.4, -0.2) is 59.2 Å². The zero-order chi connectivity index (χ0) is 20.5. The number of hydrogen-bond acceptors (Lipinski definition) is 4. The molecule has 0 bridgehead atoms. The Hall–Kier alpha value is -2.73. The average Bonchev–Trinajstić information content (AvgIpc) is 3.17. The fourth-order valence-corrected chi connectivity index (χ4v) is 4.36. The first-order valence-electron chi connectivity index (χ1n) is 10.4. The molecule has 2 heterocycles. The van der Waals surface area contributed by atoms with Crippen molar-refractivity contribution in [2.75, 3.05) is 19.6 Å². The van der Waals surface area contributed by atoms with Crippen molar-refractivity contribution >= 4 is 28.5 Å². The van der Waals surface area contributed by atoms with Gasteiger partial charge in [-0.15, -0.1) is 0 Å². The van der Waals surface area contributed by atoms with Crippen LogP contribution in [0.15, 0.2) is 36.4 Å². The monoisotopic (exact) mass is 393 g/mol. The lowest BCUT2D eigenvalue weighted by Crippen LogP contribution is -2.42. The lowest BCUT2D eigenvalue weighted by Gasteiger charge is -2.27. The summed E-state index contributed by atoms with van der Waals surface area (Å²) in [6.45, 7) is 6.46. The number of rotatable bonds is 6. The molecule has 2 aliphatic rings. The fraction of sp³-hybridized carbons (Fsp3) is 0.435. The molecule has 1 unspecified atom stereocenters. The molecule has 29 heavy (non-hydrogen) atoms. The Kier molecular flexibility index (Phi) is 5.37. The molecule has 1 N–H and O–H groups in total. The highest BCUT2D eigenvalue weighted by atomic mass is 16.2. The highest BCUT2D eigenvalue weighted by molar-refractivity contribution is 6.25. The van der Waals surface area contributed by atoms with Crippen molar-refractivity contribution < 1.29 is 14.4 Å². The molecule has 0 aliphatic carbocycles. The summed E-state index contributed by atoms with van der Waals surface area (Å²) in [4.78, 5) is 41.7. The normalized spacial score (nSPS) is 19.4. The number of imide groups is 1. The van der Waals surface area contributed by atoms with Crippen molar-refractivity contribution in [3.05, 3.63) is 47.5 Å². The summed E-state index contributed by atoms with van der Waals surface area (Å²) < 4.78 is 0. The van der Waals surface area contributed by atoms with E-state index in [1.807, 2.05) is 24.3 Å². The molecular formula is C23H27N3O3. The van der Waals surface area contributed by atoms with E-state index in [4.69, 9.17) is 0 Å². The molecule has 1 atom stereocenters. The predicted molar refractivity (Wildman–Crippen MR) is 112 cm³/mol. The molecule has 0 aromatic heterocycles. The Balaban J connectivity index is 1.35. The van der Waals surface area contributed by atoms with E-state index in [9.17, 15) is 14.4 Å². The minimum Gasteiger partial charge on any atom is -0.352 e. The molecule has 0 saturated carbocycles. The third kappa shape index (κ3) is 3.77. The van der Waals surface area contributed by atoms with Gasteiger partial charge in [-0.25, -0.2) is 0 Å². The summed E-state index contributed by atoms with van der Waals surface area (Å²) in [6.07, 6.45) is 1.73. The van der Waals surface area contributed by atoms with Crippen LogP contribution in [0.3, 0.4) is 0 Å². The van der Waals surface area contributed by atoms with Crippen LogP contribution in [0.5, 0.6) is 0 Å². The van der Waals surface area contributed by atoms with Crippen molar-refractivity contribution in [3.8, 4) is 0 Å². The standard InChI is InChI=1S/C23H27N3O3/c1-15(2)25-13-11-17(14-25)24-20(27)10-5-12-26-22(28)18-8-3-6-16-7-4-9-19(21(16)18)23(26)29/h3-4,6-9,15,17H,5,10-14H2,1-2H3,(H,24,27). The van der Waals surface area contributed by atoms with Crippen LogP contribution in [-0.2, 0) is 4.79 Å². The van der Waals surface area contributed by atoms with E-state index >= 15 is 0 Å². The minimum atomic E-state index is -0.275.